The SMILES string of the molecule is O=C(O)c1ccc(CN2CCC(CN[C@@H]3C[C@H]3c3ccccc3)CC2)cc1F. The smallest absolute Gasteiger partial charge is 0.338 e. The second-order valence-corrected chi connectivity index (χ2v) is 8.11. The topological polar surface area (TPSA) is 52.6 Å². The lowest BCUT2D eigenvalue weighted by atomic mass is 9.96. The van der Waals surface area contributed by atoms with E-state index in [-0.39, 0.29) is 5.56 Å². The van der Waals surface area contributed by atoms with Crippen LogP contribution in [0.5, 0.6) is 0 Å². The number of piperidine rings is 1. The first-order valence-electron chi connectivity index (χ1n) is 10.1. The Morgan fingerprint density at radius 1 is 1.14 bits per heavy atom. The highest BCUT2D eigenvalue weighted by molar-refractivity contribution is 5.87. The highest BCUT2D eigenvalue weighted by Crippen LogP contribution is 2.40. The third kappa shape index (κ3) is 4.59. The van der Waals surface area contributed by atoms with E-state index >= 15 is 0 Å². The van der Waals surface area contributed by atoms with Gasteiger partial charge >= 0.3 is 5.97 Å². The van der Waals surface area contributed by atoms with E-state index in [1.807, 2.05) is 0 Å². The van der Waals surface area contributed by atoms with Crippen LogP contribution in [0.2, 0.25) is 0 Å². The van der Waals surface area contributed by atoms with Gasteiger partial charge in [0.05, 0.1) is 5.56 Å². The lowest BCUT2D eigenvalue weighted by molar-refractivity contribution is 0.0692. The fraction of sp³-hybridized carbons (Fsp3) is 0.435. The van der Waals surface area contributed by atoms with Crippen molar-refractivity contribution in [2.24, 2.45) is 5.92 Å². The Bertz CT molecular complexity index is 819. The quantitative estimate of drug-likeness (QED) is 0.763. The average Bonchev–Trinajstić information content (AvgIpc) is 3.48. The predicted octanol–water partition coefficient (Wildman–Crippen LogP) is 3.88. The molecule has 1 aliphatic carbocycles. The molecule has 0 spiro atoms. The van der Waals surface area contributed by atoms with Gasteiger partial charge in [-0.2, -0.15) is 0 Å². The van der Waals surface area contributed by atoms with E-state index in [2.05, 4.69) is 40.5 Å². The zero-order chi connectivity index (χ0) is 19.5. The van der Waals surface area contributed by atoms with Gasteiger partial charge in [0.1, 0.15) is 5.82 Å². The van der Waals surface area contributed by atoms with Crippen molar-refractivity contribution in [1.29, 1.82) is 0 Å². The first-order chi connectivity index (χ1) is 13.6. The van der Waals surface area contributed by atoms with Crippen LogP contribution < -0.4 is 5.32 Å². The Kier molecular flexibility index (Phi) is 5.74. The molecule has 2 atom stereocenters. The standard InChI is InChI=1S/C23H27FN2O2/c24-21-12-17(6-7-19(21)23(27)28)15-26-10-8-16(9-11-26)14-25-22-13-20(22)18-4-2-1-3-5-18/h1-7,12,16,20,22,25H,8-11,13-15H2,(H,27,28)/t20-,22+/m0/s1. The Balaban J connectivity index is 1.19. The Morgan fingerprint density at radius 2 is 1.89 bits per heavy atom. The molecule has 0 unspecified atom stereocenters. The van der Waals surface area contributed by atoms with Crippen molar-refractivity contribution in [3.05, 3.63) is 71.0 Å². The number of carboxylic acids is 1. The zero-order valence-electron chi connectivity index (χ0n) is 16.0. The van der Waals surface area contributed by atoms with Crippen molar-refractivity contribution < 1.29 is 14.3 Å². The Labute approximate surface area is 165 Å². The number of hydrogen-bond acceptors (Lipinski definition) is 3. The van der Waals surface area contributed by atoms with Gasteiger partial charge in [-0.1, -0.05) is 36.4 Å². The number of halogens is 1. The molecular weight excluding hydrogens is 355 g/mol. The predicted molar refractivity (Wildman–Crippen MR) is 107 cm³/mol. The van der Waals surface area contributed by atoms with Crippen molar-refractivity contribution in [2.75, 3.05) is 19.6 Å². The number of rotatable bonds is 7. The first kappa shape index (κ1) is 19.1. The molecule has 28 heavy (non-hydrogen) atoms. The number of aromatic carboxylic acids is 1. The van der Waals surface area contributed by atoms with Gasteiger partial charge in [0, 0.05) is 18.5 Å². The van der Waals surface area contributed by atoms with Gasteiger partial charge < -0.3 is 10.4 Å². The van der Waals surface area contributed by atoms with Crippen molar-refractivity contribution in [1.82, 2.24) is 10.2 Å². The molecule has 2 N–H and O–H groups in total. The molecule has 1 saturated carbocycles. The Morgan fingerprint density at radius 3 is 2.57 bits per heavy atom. The molecule has 0 aromatic heterocycles. The Hall–Kier alpha value is -2.24. The summed E-state index contributed by atoms with van der Waals surface area (Å²) in [6.07, 6.45) is 3.53. The summed E-state index contributed by atoms with van der Waals surface area (Å²) in [6, 6.07) is 15.8. The second kappa shape index (κ2) is 8.41. The first-order valence-corrected chi connectivity index (χ1v) is 10.1. The van der Waals surface area contributed by atoms with Crippen LogP contribution in [-0.2, 0) is 6.54 Å². The molecule has 1 saturated heterocycles. The van der Waals surface area contributed by atoms with E-state index in [0.717, 1.165) is 38.0 Å². The maximum absolute atomic E-state index is 13.8. The normalized spacial score (nSPS) is 22.9. The van der Waals surface area contributed by atoms with Crippen LogP contribution in [0.1, 0.15) is 46.7 Å². The van der Waals surface area contributed by atoms with Gasteiger partial charge in [0.2, 0.25) is 0 Å². The molecule has 2 aromatic carbocycles. The monoisotopic (exact) mass is 382 g/mol. The van der Waals surface area contributed by atoms with E-state index in [1.54, 1.807) is 6.07 Å². The van der Waals surface area contributed by atoms with Crippen LogP contribution in [0.3, 0.4) is 0 Å². The number of benzene rings is 2. The highest BCUT2D eigenvalue weighted by atomic mass is 19.1. The molecule has 2 fully saturated rings. The lowest BCUT2D eigenvalue weighted by Crippen LogP contribution is -2.37. The van der Waals surface area contributed by atoms with Crippen molar-refractivity contribution in [2.45, 2.75) is 37.8 Å². The van der Waals surface area contributed by atoms with Crippen LogP contribution in [0, 0.1) is 11.7 Å². The van der Waals surface area contributed by atoms with Gasteiger partial charge in [0.25, 0.3) is 0 Å². The van der Waals surface area contributed by atoms with E-state index in [1.165, 1.54) is 24.1 Å². The van der Waals surface area contributed by atoms with Crippen molar-refractivity contribution in [3.8, 4) is 0 Å². The summed E-state index contributed by atoms with van der Waals surface area (Å²) < 4.78 is 13.8. The van der Waals surface area contributed by atoms with Crippen molar-refractivity contribution in [3.63, 3.8) is 0 Å². The van der Waals surface area contributed by atoms with Crippen LogP contribution in [0.25, 0.3) is 0 Å². The molecular formula is C23H27FN2O2. The molecule has 0 radical (unpaired) electrons. The fourth-order valence-electron chi connectivity index (χ4n) is 4.24. The summed E-state index contributed by atoms with van der Waals surface area (Å²) in [6.45, 7) is 3.75. The van der Waals surface area contributed by atoms with E-state index in [4.69, 9.17) is 5.11 Å². The van der Waals surface area contributed by atoms with Gasteiger partial charge in [-0.3, -0.25) is 4.90 Å². The van der Waals surface area contributed by atoms with Crippen LogP contribution in [0.15, 0.2) is 48.5 Å². The maximum Gasteiger partial charge on any atom is 0.338 e. The summed E-state index contributed by atoms with van der Waals surface area (Å²) in [5.74, 6) is -0.506. The number of carbonyl (C=O) groups is 1. The molecule has 1 aliphatic heterocycles. The minimum absolute atomic E-state index is 0.262. The second-order valence-electron chi connectivity index (χ2n) is 8.11. The minimum atomic E-state index is -1.22. The number of nitrogens with zero attached hydrogens (tertiary/aromatic N) is 1. The van der Waals surface area contributed by atoms with E-state index in [9.17, 15) is 9.18 Å². The van der Waals surface area contributed by atoms with Gasteiger partial charge in [-0.05, 0) is 68.1 Å². The van der Waals surface area contributed by atoms with Gasteiger partial charge in [0.15, 0.2) is 0 Å². The zero-order valence-corrected chi connectivity index (χ0v) is 16.0. The lowest BCUT2D eigenvalue weighted by Gasteiger charge is -2.32. The van der Waals surface area contributed by atoms with Crippen LogP contribution in [0.4, 0.5) is 4.39 Å². The number of carboxylic acid groups (broad SMARTS) is 1. The minimum Gasteiger partial charge on any atom is -0.478 e. The van der Waals surface area contributed by atoms with Gasteiger partial charge in [-0.25, -0.2) is 9.18 Å². The molecule has 4 nitrogen and oxygen atoms in total. The highest BCUT2D eigenvalue weighted by Gasteiger charge is 2.38. The number of likely N-dealkylation sites (tertiary alicyclic amines) is 1. The summed E-state index contributed by atoms with van der Waals surface area (Å²) in [7, 11) is 0. The fourth-order valence-corrected chi connectivity index (χ4v) is 4.24. The summed E-state index contributed by atoms with van der Waals surface area (Å²) >= 11 is 0. The summed E-state index contributed by atoms with van der Waals surface area (Å²) in [4.78, 5) is 13.2. The molecule has 4 rings (SSSR count). The molecule has 1 heterocycles. The van der Waals surface area contributed by atoms with E-state index < -0.39 is 11.8 Å². The summed E-state index contributed by atoms with van der Waals surface area (Å²) in [5, 5.41) is 12.7. The van der Waals surface area contributed by atoms with Crippen molar-refractivity contribution >= 4 is 5.97 Å². The largest absolute Gasteiger partial charge is 0.478 e. The maximum atomic E-state index is 13.8. The number of nitrogens with one attached hydrogen (secondary N) is 1. The molecule has 2 aliphatic rings. The third-order valence-electron chi connectivity index (χ3n) is 6.06. The van der Waals surface area contributed by atoms with Gasteiger partial charge in [-0.15, -0.1) is 0 Å². The molecule has 0 amide bonds. The molecule has 2 aromatic rings. The van der Waals surface area contributed by atoms with Crippen LogP contribution >= 0.6 is 0 Å². The third-order valence-corrected chi connectivity index (χ3v) is 6.06. The molecule has 5 heteroatoms. The van der Waals surface area contributed by atoms with Crippen LogP contribution in [-0.4, -0.2) is 41.7 Å². The summed E-state index contributed by atoms with van der Waals surface area (Å²) in [5.41, 5.74) is 2.01. The number of hydrogen-bond donors (Lipinski definition) is 2. The molecule has 0 bridgehead atoms. The molecule has 148 valence electrons. The van der Waals surface area contributed by atoms with E-state index in [0.29, 0.717) is 24.4 Å². The average molecular weight is 382 g/mol.